The zero-order valence-electron chi connectivity index (χ0n) is 1.56. The van der Waals surface area contributed by atoms with Crippen molar-refractivity contribution < 1.29 is 33.6 Å². The average molecular weight is 148 g/mol. The molecule has 4 heavy (non-hydrogen) atoms. The molecule has 0 N–H and O–H groups in total. The topological polar surface area (TPSA) is 23.8 Å². The van der Waals surface area contributed by atoms with Crippen molar-refractivity contribution in [2.45, 2.75) is 0 Å². The predicted octanol–water partition coefficient (Wildman–Crippen LogP) is 0.0914. The van der Waals surface area contributed by atoms with E-state index in [-0.39, 0.29) is 33.6 Å². The van der Waals surface area contributed by atoms with Crippen LogP contribution in [0.2, 0.25) is 0 Å². The van der Waals surface area contributed by atoms with Crippen molar-refractivity contribution in [2.24, 2.45) is 0 Å². The molecule has 0 radical (unpaired) electrons. The van der Waals surface area contributed by atoms with Crippen LogP contribution in [0.15, 0.2) is 0 Å². The van der Waals surface area contributed by atoms with Crippen molar-refractivity contribution in [1.29, 1.82) is 5.26 Å². The third kappa shape index (κ3) is 22.3. The molecule has 0 rings (SSSR count). The van der Waals surface area contributed by atoms with Crippen molar-refractivity contribution >= 4 is 0 Å². The minimum atomic E-state index is 0. The Morgan fingerprint density at radius 1 is 1.25 bits per heavy atom. The van der Waals surface area contributed by atoms with Crippen LogP contribution in [-0.4, -0.2) is 0 Å². The molecule has 0 heterocycles. The summed E-state index contributed by atoms with van der Waals surface area (Å²) in [5.41, 5.74) is 0. The van der Waals surface area contributed by atoms with Gasteiger partial charge in [-0.25, -0.2) is 0 Å². The molecule has 0 spiro atoms. The van der Waals surface area contributed by atoms with Crippen molar-refractivity contribution in [3.63, 3.8) is 0 Å². The molecule has 0 atom stereocenters. The van der Waals surface area contributed by atoms with E-state index in [0.29, 0.717) is 0 Å². The number of rotatable bonds is 0. The Hall–Kier alpha value is 0.503. The minimum absolute atomic E-state index is 0. The summed E-state index contributed by atoms with van der Waals surface area (Å²) < 4.78 is 0. The van der Waals surface area contributed by atoms with Gasteiger partial charge in [-0.15, -0.1) is 0 Å². The Bertz CT molecular complexity index is 12.8. The van der Waals surface area contributed by atoms with Crippen LogP contribution in [0.1, 0.15) is 0 Å². The Balaban J connectivity index is -0.00000000500. The monoisotopic (exact) mass is 147 g/mol. The first-order chi connectivity index (χ1) is 1.00. The van der Waals surface area contributed by atoms with Crippen LogP contribution in [0.3, 0.4) is 0 Å². The van der Waals surface area contributed by atoms with Gasteiger partial charge in [-0.1, -0.05) is 0 Å². The van der Waals surface area contributed by atoms with Crippen molar-refractivity contribution in [1.82, 2.24) is 0 Å². The Kier molecular flexibility index (Phi) is 530. The first-order valence-corrected chi connectivity index (χ1v) is 0.224. The third-order valence-corrected chi connectivity index (χ3v) is 0. The van der Waals surface area contributed by atoms with Crippen molar-refractivity contribution in [2.75, 3.05) is 0 Å². The second kappa shape index (κ2) is 86.7. The van der Waals surface area contributed by atoms with Gasteiger partial charge in [-0.3, -0.25) is 0 Å². The second-order valence-corrected chi connectivity index (χ2v) is 0. The van der Waals surface area contributed by atoms with Gasteiger partial charge in [0.25, 0.3) is 0 Å². The van der Waals surface area contributed by atoms with E-state index in [4.69, 9.17) is 11.8 Å². The Labute approximate surface area is 45.8 Å². The molecule has 0 amide bonds. The normalized spacial score (nSPS) is 0.500. The summed E-state index contributed by atoms with van der Waals surface area (Å²) in [6, 6.07) is 0. The molecule has 0 fully saturated rings. The number of nitrogens with zero attached hydrogens (tertiary/aromatic N) is 1. The minimum Gasteiger partial charge on any atom is -0.512 e. The summed E-state index contributed by atoms with van der Waals surface area (Å²) in [4.78, 5) is 0. The first kappa shape index (κ1) is 24.5. The predicted molar refractivity (Wildman–Crippen MR) is 4.97 cm³/mol. The fourth-order valence-corrected chi connectivity index (χ4v) is 0. The molecule has 0 bridgehead atoms. The largest absolute Gasteiger partial charge is 1.00 e. The van der Waals surface area contributed by atoms with Crippen LogP contribution >= 0.6 is 0 Å². The Morgan fingerprint density at radius 3 is 1.25 bits per heavy atom. The average Bonchev–Trinajstić information content (AvgIpc) is 1.00. The summed E-state index contributed by atoms with van der Waals surface area (Å²) in [5.74, 6) is 0. The van der Waals surface area contributed by atoms with E-state index in [0.717, 1.165) is 0 Å². The smallest absolute Gasteiger partial charge is 0.512 e. The number of hydrogen-bond acceptors (Lipinski definition) is 1. The summed E-state index contributed by atoms with van der Waals surface area (Å²) in [6.07, 6.45) is 0. The van der Waals surface area contributed by atoms with Gasteiger partial charge in [0.05, 0.1) is 0 Å². The SMILES string of the molecule is [C-]#N.[Cu+].[Ni]. The number of hydrogen-bond donors (Lipinski definition) is 0. The van der Waals surface area contributed by atoms with E-state index in [9.17, 15) is 0 Å². The van der Waals surface area contributed by atoms with Crippen molar-refractivity contribution in [3.8, 4) is 0 Å². The quantitative estimate of drug-likeness (QED) is 0.353. The summed E-state index contributed by atoms with van der Waals surface area (Å²) in [5, 5.41) is 6.25. The van der Waals surface area contributed by atoms with E-state index in [1.807, 2.05) is 0 Å². The molecular weight excluding hydrogens is 148 g/mol. The van der Waals surface area contributed by atoms with E-state index < -0.39 is 0 Å². The van der Waals surface area contributed by atoms with Gasteiger partial charge in [-0.05, 0) is 0 Å². The molecule has 0 saturated carbocycles. The molecule has 0 aromatic carbocycles. The van der Waals surface area contributed by atoms with Crippen molar-refractivity contribution in [3.05, 3.63) is 6.57 Å². The molecule has 0 saturated heterocycles. The maximum absolute atomic E-state index is 6.25. The van der Waals surface area contributed by atoms with Gasteiger partial charge in [0.1, 0.15) is 0 Å². The van der Waals surface area contributed by atoms with Gasteiger partial charge in [0.15, 0.2) is 0 Å². The Morgan fingerprint density at radius 2 is 1.25 bits per heavy atom. The van der Waals surface area contributed by atoms with Crippen LogP contribution in [-0.2, 0) is 33.6 Å². The molecule has 3 heteroatoms. The molecule has 0 aromatic rings. The van der Waals surface area contributed by atoms with E-state index in [1.165, 1.54) is 0 Å². The zero-order valence-corrected chi connectivity index (χ0v) is 3.49. The standard InChI is InChI=1S/CN.Cu.Ni/c1-2;;/q-1;+1;. The van der Waals surface area contributed by atoms with Gasteiger partial charge >= 0.3 is 17.1 Å². The van der Waals surface area contributed by atoms with Crippen LogP contribution in [0.5, 0.6) is 0 Å². The molecule has 0 aromatic heterocycles. The maximum atomic E-state index is 6.25. The first-order valence-electron chi connectivity index (χ1n) is 0.224. The van der Waals surface area contributed by atoms with Gasteiger partial charge in [0, 0.05) is 16.5 Å². The third-order valence-electron chi connectivity index (χ3n) is 0. The molecular formula is CCuNNi. The zero-order chi connectivity index (χ0) is 2.00. The van der Waals surface area contributed by atoms with Gasteiger partial charge in [-0.2, -0.15) is 0 Å². The second-order valence-electron chi connectivity index (χ2n) is 0. The molecule has 0 aliphatic rings. The molecule has 0 aliphatic heterocycles. The van der Waals surface area contributed by atoms with Crippen LogP contribution in [0, 0.1) is 11.8 Å². The molecule has 0 unspecified atom stereocenters. The van der Waals surface area contributed by atoms with Gasteiger partial charge < -0.3 is 11.8 Å². The maximum Gasteiger partial charge on any atom is 1.00 e. The van der Waals surface area contributed by atoms with Gasteiger partial charge in [0.2, 0.25) is 0 Å². The summed E-state index contributed by atoms with van der Waals surface area (Å²) in [6.45, 7) is 4.75. The van der Waals surface area contributed by atoms with E-state index in [2.05, 4.69) is 0 Å². The van der Waals surface area contributed by atoms with Crippen LogP contribution < -0.4 is 0 Å². The van der Waals surface area contributed by atoms with Crippen LogP contribution in [0.25, 0.3) is 0 Å². The van der Waals surface area contributed by atoms with E-state index >= 15 is 0 Å². The molecule has 30 valence electrons. The van der Waals surface area contributed by atoms with E-state index in [1.54, 1.807) is 0 Å². The molecule has 0 aliphatic carbocycles. The summed E-state index contributed by atoms with van der Waals surface area (Å²) >= 11 is 0. The van der Waals surface area contributed by atoms with Crippen LogP contribution in [0.4, 0.5) is 0 Å². The fraction of sp³-hybridized carbons (Fsp3) is 0. The molecule has 1 nitrogen and oxygen atoms in total. The summed E-state index contributed by atoms with van der Waals surface area (Å²) in [7, 11) is 0. The fourth-order valence-electron chi connectivity index (χ4n) is 0.